The molecule has 1 spiro atoms. The minimum absolute atomic E-state index is 0.106. The summed E-state index contributed by atoms with van der Waals surface area (Å²) < 4.78 is 5.13. The molecule has 2 aliphatic heterocycles. The van der Waals surface area contributed by atoms with Gasteiger partial charge in [-0.3, -0.25) is 0 Å². The molecule has 0 amide bonds. The Kier molecular flexibility index (Phi) is 13.9. The normalized spacial score (nSPS) is 13.6. The maximum Gasteiger partial charge on any atom is 0.252 e. The zero-order valence-electron chi connectivity index (χ0n) is 62.4. The van der Waals surface area contributed by atoms with Gasteiger partial charge in [0.15, 0.2) is 0 Å². The summed E-state index contributed by atoms with van der Waals surface area (Å²) in [7, 11) is 0. The van der Waals surface area contributed by atoms with E-state index in [2.05, 4.69) is 418 Å². The molecule has 0 radical (unpaired) electrons. The van der Waals surface area contributed by atoms with Crippen LogP contribution in [0.1, 0.15) is 74.9 Å². The lowest BCUT2D eigenvalue weighted by atomic mass is 9.33. The first kappa shape index (κ1) is 64.0. The highest BCUT2D eigenvalue weighted by atomic mass is 15.2. The molecule has 0 bridgehead atoms. The highest BCUT2D eigenvalue weighted by Crippen LogP contribution is 2.64. The Morgan fingerprint density at radius 2 is 0.600 bits per heavy atom. The van der Waals surface area contributed by atoms with E-state index in [1.807, 2.05) is 0 Å². The number of aromatic nitrogens is 2. The average Bonchev–Trinajstić information content (AvgIpc) is 1.48. The lowest BCUT2D eigenvalue weighted by Crippen LogP contribution is -2.61. The van der Waals surface area contributed by atoms with E-state index in [0.29, 0.717) is 0 Å². The van der Waals surface area contributed by atoms with E-state index < -0.39 is 5.41 Å². The van der Waals surface area contributed by atoms with Gasteiger partial charge in [0.05, 0.1) is 44.5 Å². The molecule has 2 aromatic heterocycles. The lowest BCUT2D eigenvalue weighted by molar-refractivity contribution is 0.590. The second-order valence-corrected chi connectivity index (χ2v) is 32.6. The summed E-state index contributed by atoms with van der Waals surface area (Å²) in [5.41, 5.74) is 38.3. The molecule has 4 heterocycles. The van der Waals surface area contributed by atoms with Crippen LogP contribution < -0.4 is 26.2 Å². The molecule has 110 heavy (non-hydrogen) atoms. The van der Waals surface area contributed by atoms with Gasteiger partial charge < -0.3 is 18.9 Å². The van der Waals surface area contributed by atoms with Crippen LogP contribution in [0, 0.1) is 0 Å². The summed E-state index contributed by atoms with van der Waals surface area (Å²) in [4.78, 5) is 5.49. The first-order valence-corrected chi connectivity index (χ1v) is 38.8. The molecule has 18 aromatic rings. The molecule has 4 aliphatic rings. The first-order valence-electron chi connectivity index (χ1n) is 38.8. The van der Waals surface area contributed by atoms with Gasteiger partial charge in [-0.2, -0.15) is 0 Å². The zero-order chi connectivity index (χ0) is 73.5. The monoisotopic (exact) mass is 1400 g/mol. The average molecular weight is 1410 g/mol. The van der Waals surface area contributed by atoms with Crippen molar-refractivity contribution in [3.05, 3.63) is 391 Å². The van der Waals surface area contributed by atoms with Crippen molar-refractivity contribution in [2.45, 2.75) is 57.8 Å². The van der Waals surface area contributed by atoms with E-state index in [-0.39, 0.29) is 17.5 Å². The smallest absolute Gasteiger partial charge is 0.252 e. The largest absolute Gasteiger partial charge is 0.310 e. The predicted octanol–water partition coefficient (Wildman–Crippen LogP) is 25.6. The standard InChI is InChI=1S/C105H77BN4/c1-103(2,3)70-53-57-94-84(59-70)85-60-71(104(4,5)6)54-58-95(85)108(94)73-62-98-100-99(63-73)110(102-76(68-35-15-9-16-36-68)46-30-47-77(102)69-37-17-10-18-38-69)97-64-83-80-41-21-26-50-88(80)105(86-48-24-19-39-78(86)79-40-20-25-49-87(79)105)89(83)65-91(97)106(100)90-56-55-72(107-92-51-27-22-42-81(92)82-43-23-28-52-93(82)107)61-96(90)109(98)101-74(66-31-11-7-12-32-66)44-29-45-75(101)67-33-13-8-14-34-67/h7-65H,1-6H3. The van der Waals surface area contributed by atoms with Crippen molar-refractivity contribution in [3.63, 3.8) is 0 Å². The topological polar surface area (TPSA) is 16.3 Å². The molecule has 0 fully saturated rings. The fraction of sp³-hybridized carbons (Fsp3) is 0.0857. The molecule has 22 rings (SSSR count). The Bertz CT molecular complexity index is 6580. The fourth-order valence-electron chi connectivity index (χ4n) is 19.7. The molecular weight excluding hydrogens is 1330 g/mol. The Balaban J connectivity index is 0.961. The SMILES string of the molecule is CC(C)(C)c1ccc2c(c1)c1cc(C(C)(C)C)ccc1n2-c1cc2c3c(c1)N(c1c(-c4ccccc4)cccc1-c1ccccc1)c1cc4c(cc1B3c1ccc(-n3c5ccccc5c5ccccc53)cc1N2c1c(-c2ccccc2)cccc1-c1ccccc1)C1(c2ccccc2-c2ccccc21)c1ccccc1-4. The van der Waals surface area contributed by atoms with Crippen molar-refractivity contribution in [2.75, 3.05) is 9.80 Å². The first-order chi connectivity index (χ1) is 53.9. The second kappa shape index (κ2) is 23.9. The van der Waals surface area contributed by atoms with E-state index in [9.17, 15) is 0 Å². The van der Waals surface area contributed by atoms with E-state index in [1.54, 1.807) is 0 Å². The zero-order valence-corrected chi connectivity index (χ0v) is 62.4. The lowest BCUT2D eigenvalue weighted by Gasteiger charge is -2.46. The number of rotatable bonds is 8. The van der Waals surface area contributed by atoms with Crippen LogP contribution in [-0.4, -0.2) is 15.8 Å². The van der Waals surface area contributed by atoms with Crippen molar-refractivity contribution in [1.82, 2.24) is 9.13 Å². The predicted molar refractivity (Wildman–Crippen MR) is 465 cm³/mol. The minimum Gasteiger partial charge on any atom is -0.310 e. The van der Waals surface area contributed by atoms with Gasteiger partial charge in [0.25, 0.3) is 6.71 Å². The highest BCUT2D eigenvalue weighted by molar-refractivity contribution is 7.00. The number of para-hydroxylation sites is 4. The summed E-state index contributed by atoms with van der Waals surface area (Å²) in [6, 6.07) is 137. The van der Waals surface area contributed by atoms with Gasteiger partial charge in [-0.15, -0.1) is 0 Å². The van der Waals surface area contributed by atoms with Crippen LogP contribution >= 0.6 is 0 Å². The number of anilines is 6. The Morgan fingerprint density at radius 1 is 0.245 bits per heavy atom. The molecule has 0 saturated carbocycles. The molecule has 2 aliphatic carbocycles. The van der Waals surface area contributed by atoms with Crippen molar-refractivity contribution >= 4 is 101 Å². The number of fused-ring (bicyclic) bond motifs is 20. The highest BCUT2D eigenvalue weighted by Gasteiger charge is 2.54. The van der Waals surface area contributed by atoms with Gasteiger partial charge in [0.2, 0.25) is 0 Å². The van der Waals surface area contributed by atoms with Crippen LogP contribution in [0.4, 0.5) is 34.1 Å². The molecule has 4 nitrogen and oxygen atoms in total. The molecule has 16 aromatic carbocycles. The van der Waals surface area contributed by atoms with Crippen molar-refractivity contribution in [2.24, 2.45) is 0 Å². The van der Waals surface area contributed by atoms with Crippen molar-refractivity contribution in [3.8, 4) is 78.1 Å². The maximum atomic E-state index is 2.75. The molecule has 0 N–H and O–H groups in total. The van der Waals surface area contributed by atoms with Crippen LogP contribution in [0.5, 0.6) is 0 Å². The van der Waals surface area contributed by atoms with Gasteiger partial charge in [-0.05, 0) is 172 Å². The molecular formula is C105H77BN4. The van der Waals surface area contributed by atoms with Gasteiger partial charge in [-0.1, -0.05) is 333 Å². The number of benzene rings is 16. The third kappa shape index (κ3) is 9.21. The van der Waals surface area contributed by atoms with Gasteiger partial charge in [0, 0.05) is 72.2 Å². The van der Waals surface area contributed by atoms with Crippen LogP contribution in [0.15, 0.2) is 358 Å². The van der Waals surface area contributed by atoms with E-state index in [0.717, 1.165) is 112 Å². The second-order valence-electron chi connectivity index (χ2n) is 32.6. The molecule has 0 unspecified atom stereocenters. The van der Waals surface area contributed by atoms with Crippen LogP contribution in [-0.2, 0) is 16.2 Å². The summed E-state index contributed by atoms with van der Waals surface area (Å²) >= 11 is 0. The van der Waals surface area contributed by atoms with Crippen LogP contribution in [0.2, 0.25) is 0 Å². The number of nitrogens with zero attached hydrogens (tertiary/aromatic N) is 4. The van der Waals surface area contributed by atoms with Crippen molar-refractivity contribution < 1.29 is 0 Å². The summed E-state index contributed by atoms with van der Waals surface area (Å²) in [6.07, 6.45) is 0. The third-order valence-electron chi connectivity index (χ3n) is 24.6. The maximum absolute atomic E-state index is 2.75. The molecule has 520 valence electrons. The Hall–Kier alpha value is -13.2. The summed E-state index contributed by atoms with van der Waals surface area (Å²) in [5.74, 6) is 0. The number of hydrogen-bond donors (Lipinski definition) is 0. The van der Waals surface area contributed by atoms with E-state index in [4.69, 9.17) is 0 Å². The molecule has 0 saturated heterocycles. The van der Waals surface area contributed by atoms with E-state index >= 15 is 0 Å². The molecule has 0 atom stereocenters. The quantitative estimate of drug-likeness (QED) is 0.141. The molecule has 5 heteroatoms. The summed E-state index contributed by atoms with van der Waals surface area (Å²) in [5, 5.41) is 4.92. The van der Waals surface area contributed by atoms with Crippen LogP contribution in [0.3, 0.4) is 0 Å². The third-order valence-corrected chi connectivity index (χ3v) is 24.6. The number of hydrogen-bond acceptors (Lipinski definition) is 2. The summed E-state index contributed by atoms with van der Waals surface area (Å²) in [6.45, 7) is 13.7. The Labute approximate surface area is 642 Å². The van der Waals surface area contributed by atoms with Gasteiger partial charge in [-0.25, -0.2) is 0 Å². The van der Waals surface area contributed by atoms with Gasteiger partial charge >= 0.3 is 0 Å². The Morgan fingerprint density at radius 3 is 1.04 bits per heavy atom. The van der Waals surface area contributed by atoms with Crippen LogP contribution in [0.25, 0.3) is 122 Å². The minimum atomic E-state index is -0.636. The van der Waals surface area contributed by atoms with E-state index in [1.165, 1.54) is 93.6 Å². The fourth-order valence-corrected chi connectivity index (χ4v) is 19.7. The van der Waals surface area contributed by atoms with Crippen molar-refractivity contribution in [1.29, 1.82) is 0 Å². The van der Waals surface area contributed by atoms with Gasteiger partial charge in [0.1, 0.15) is 0 Å².